The summed E-state index contributed by atoms with van der Waals surface area (Å²) in [6.45, 7) is 4.49. The number of ketones is 1. The van der Waals surface area contributed by atoms with Crippen molar-refractivity contribution in [1.82, 2.24) is 0 Å². The number of rotatable bonds is 7. The molecule has 26 heavy (non-hydrogen) atoms. The summed E-state index contributed by atoms with van der Waals surface area (Å²) >= 11 is 0. The topological polar surface area (TPSA) is 26.3 Å². The maximum absolute atomic E-state index is 11.9. The average molecular weight is 348 g/mol. The van der Waals surface area contributed by atoms with Crippen LogP contribution in [0.1, 0.15) is 59.7 Å². The van der Waals surface area contributed by atoms with Gasteiger partial charge in [-0.05, 0) is 68.4 Å². The van der Waals surface area contributed by atoms with Gasteiger partial charge in [0, 0.05) is 5.56 Å². The van der Waals surface area contributed by atoms with Crippen molar-refractivity contribution < 1.29 is 9.53 Å². The molecule has 0 N–H and O–H groups in total. The second-order valence-electron chi connectivity index (χ2n) is 7.36. The van der Waals surface area contributed by atoms with E-state index in [0.717, 1.165) is 29.9 Å². The minimum Gasteiger partial charge on any atom is -0.493 e. The largest absolute Gasteiger partial charge is 0.493 e. The first kappa shape index (κ1) is 18.4. The van der Waals surface area contributed by atoms with E-state index in [1.54, 1.807) is 6.92 Å². The summed E-state index contributed by atoms with van der Waals surface area (Å²) in [5.74, 6) is 1.63. The fraction of sp³-hybridized carbons (Fsp3) is 0.375. The van der Waals surface area contributed by atoms with Gasteiger partial charge in [0.2, 0.25) is 0 Å². The summed E-state index contributed by atoms with van der Waals surface area (Å²) in [7, 11) is 0. The Bertz CT molecular complexity index is 765. The lowest BCUT2D eigenvalue weighted by atomic mass is 10.0. The van der Waals surface area contributed by atoms with Crippen molar-refractivity contribution in [3.05, 3.63) is 70.8 Å². The molecule has 3 rings (SSSR count). The van der Waals surface area contributed by atoms with E-state index in [9.17, 15) is 4.79 Å². The lowest BCUT2D eigenvalue weighted by Crippen LogP contribution is -2.08. The zero-order chi connectivity index (χ0) is 18.4. The molecule has 0 aliphatic heterocycles. The van der Waals surface area contributed by atoms with Gasteiger partial charge in [-0.2, -0.15) is 0 Å². The maximum Gasteiger partial charge on any atom is 0.160 e. The van der Waals surface area contributed by atoms with Crippen LogP contribution in [0, 0.1) is 12.8 Å². The quantitative estimate of drug-likeness (QED) is 0.572. The summed E-state index contributed by atoms with van der Waals surface area (Å²) < 4.78 is 6.00. The van der Waals surface area contributed by atoms with E-state index in [0.29, 0.717) is 5.92 Å². The number of carbonyl (C=O) groups excluding carboxylic acids is 1. The Morgan fingerprint density at radius 3 is 2.54 bits per heavy atom. The van der Waals surface area contributed by atoms with Crippen LogP contribution >= 0.6 is 0 Å². The molecule has 0 amide bonds. The predicted octanol–water partition coefficient (Wildman–Crippen LogP) is 6.02. The van der Waals surface area contributed by atoms with Crippen molar-refractivity contribution in [3.63, 3.8) is 0 Å². The van der Waals surface area contributed by atoms with Gasteiger partial charge in [-0.1, -0.05) is 54.8 Å². The molecule has 0 unspecified atom stereocenters. The third kappa shape index (κ3) is 5.08. The Labute approximate surface area is 156 Å². The normalized spacial score (nSPS) is 14.8. The van der Waals surface area contributed by atoms with Gasteiger partial charge in [0.05, 0.1) is 6.61 Å². The average Bonchev–Trinajstić information content (AvgIpc) is 3.15. The molecular weight excluding hydrogens is 320 g/mol. The Balaban J connectivity index is 1.69. The zero-order valence-corrected chi connectivity index (χ0v) is 15.8. The van der Waals surface area contributed by atoms with Crippen LogP contribution < -0.4 is 4.74 Å². The predicted molar refractivity (Wildman–Crippen MR) is 108 cm³/mol. The zero-order valence-electron chi connectivity index (χ0n) is 15.8. The summed E-state index contributed by atoms with van der Waals surface area (Å²) in [6.07, 6.45) is 10.2. The molecular formula is C24H28O2. The molecule has 0 spiro atoms. The van der Waals surface area contributed by atoms with E-state index in [-0.39, 0.29) is 5.78 Å². The first-order valence-electron chi connectivity index (χ1n) is 9.61. The van der Waals surface area contributed by atoms with Crippen molar-refractivity contribution in [1.29, 1.82) is 0 Å². The van der Waals surface area contributed by atoms with Crippen LogP contribution in [-0.2, 0) is 6.42 Å². The molecule has 2 aromatic rings. The van der Waals surface area contributed by atoms with Gasteiger partial charge >= 0.3 is 0 Å². The Morgan fingerprint density at radius 2 is 1.85 bits per heavy atom. The minimum absolute atomic E-state index is 0.0855. The van der Waals surface area contributed by atoms with E-state index in [4.69, 9.17) is 4.74 Å². The fourth-order valence-electron chi connectivity index (χ4n) is 3.53. The SMILES string of the molecule is CC(=O)c1ccc(OCC2CCCC2)cc1/C=C\Cc1ccc(C)cc1. The Hall–Kier alpha value is -2.35. The monoisotopic (exact) mass is 348 g/mol. The lowest BCUT2D eigenvalue weighted by Gasteiger charge is -2.13. The van der Waals surface area contributed by atoms with E-state index in [1.165, 1.54) is 36.8 Å². The van der Waals surface area contributed by atoms with Crippen LogP contribution in [0.5, 0.6) is 5.75 Å². The molecule has 0 saturated heterocycles. The van der Waals surface area contributed by atoms with Crippen LogP contribution in [0.15, 0.2) is 48.5 Å². The maximum atomic E-state index is 11.9. The Kier molecular flexibility index (Phi) is 6.27. The molecule has 0 heterocycles. The molecule has 2 aromatic carbocycles. The van der Waals surface area contributed by atoms with Crippen molar-refractivity contribution in [2.45, 2.75) is 46.0 Å². The molecule has 136 valence electrons. The number of carbonyl (C=O) groups is 1. The second kappa shape index (κ2) is 8.84. The van der Waals surface area contributed by atoms with Crippen LogP contribution in [0.3, 0.4) is 0 Å². The van der Waals surface area contributed by atoms with Gasteiger partial charge in [0.25, 0.3) is 0 Å². The fourth-order valence-corrected chi connectivity index (χ4v) is 3.53. The van der Waals surface area contributed by atoms with Crippen LogP contribution in [0.4, 0.5) is 0 Å². The third-order valence-corrected chi connectivity index (χ3v) is 5.13. The van der Waals surface area contributed by atoms with Crippen LogP contribution in [0.2, 0.25) is 0 Å². The molecule has 2 nitrogen and oxygen atoms in total. The first-order chi connectivity index (χ1) is 12.6. The molecule has 1 aliphatic rings. The van der Waals surface area contributed by atoms with Gasteiger partial charge in [0.1, 0.15) is 5.75 Å². The highest BCUT2D eigenvalue weighted by atomic mass is 16.5. The molecule has 2 heteroatoms. The molecule has 0 aromatic heterocycles. The second-order valence-corrected chi connectivity index (χ2v) is 7.36. The van der Waals surface area contributed by atoms with Gasteiger partial charge < -0.3 is 4.74 Å². The third-order valence-electron chi connectivity index (χ3n) is 5.13. The van der Waals surface area contributed by atoms with Gasteiger partial charge in [0.15, 0.2) is 5.78 Å². The number of allylic oxidation sites excluding steroid dienone is 1. The van der Waals surface area contributed by atoms with E-state index in [1.807, 2.05) is 24.3 Å². The van der Waals surface area contributed by atoms with E-state index < -0.39 is 0 Å². The highest BCUT2D eigenvalue weighted by Gasteiger charge is 2.16. The van der Waals surface area contributed by atoms with Crippen molar-refractivity contribution in [2.75, 3.05) is 6.61 Å². The molecule has 1 saturated carbocycles. The standard InChI is InChI=1S/C24H28O2/c1-18-10-12-20(13-11-18)8-5-9-22-16-23(14-15-24(22)19(2)25)26-17-21-6-3-4-7-21/h5,9-16,21H,3-4,6-8,17H2,1-2H3/b9-5-. The van der Waals surface area contributed by atoms with E-state index >= 15 is 0 Å². The number of Topliss-reactive ketones (excluding diaryl/α,β-unsaturated/α-hetero) is 1. The van der Waals surface area contributed by atoms with Gasteiger partial charge in [-0.3, -0.25) is 4.79 Å². The summed E-state index contributed by atoms with van der Waals surface area (Å²) in [5, 5.41) is 0. The van der Waals surface area contributed by atoms with Crippen LogP contribution in [-0.4, -0.2) is 12.4 Å². The number of benzene rings is 2. The minimum atomic E-state index is 0.0855. The number of aryl methyl sites for hydroxylation is 1. The lowest BCUT2D eigenvalue weighted by molar-refractivity contribution is 0.101. The van der Waals surface area contributed by atoms with Crippen molar-refractivity contribution in [3.8, 4) is 5.75 Å². The first-order valence-corrected chi connectivity index (χ1v) is 9.61. The van der Waals surface area contributed by atoms with E-state index in [2.05, 4.69) is 37.3 Å². The Morgan fingerprint density at radius 1 is 1.12 bits per heavy atom. The summed E-state index contributed by atoms with van der Waals surface area (Å²) in [4.78, 5) is 11.9. The molecule has 1 fully saturated rings. The number of hydrogen-bond acceptors (Lipinski definition) is 2. The van der Waals surface area contributed by atoms with Crippen LogP contribution in [0.25, 0.3) is 6.08 Å². The molecule has 0 bridgehead atoms. The highest BCUT2D eigenvalue weighted by Crippen LogP contribution is 2.27. The summed E-state index contributed by atoms with van der Waals surface area (Å²) in [5.41, 5.74) is 4.22. The van der Waals surface area contributed by atoms with Gasteiger partial charge in [-0.15, -0.1) is 0 Å². The number of ether oxygens (including phenoxy) is 1. The molecule has 1 aliphatic carbocycles. The highest BCUT2D eigenvalue weighted by molar-refractivity contribution is 5.97. The van der Waals surface area contributed by atoms with Crippen molar-refractivity contribution in [2.24, 2.45) is 5.92 Å². The number of hydrogen-bond donors (Lipinski definition) is 0. The smallest absolute Gasteiger partial charge is 0.160 e. The van der Waals surface area contributed by atoms with Gasteiger partial charge in [-0.25, -0.2) is 0 Å². The molecule has 0 radical (unpaired) electrons. The van der Waals surface area contributed by atoms with Crippen molar-refractivity contribution >= 4 is 11.9 Å². The summed E-state index contributed by atoms with van der Waals surface area (Å²) in [6, 6.07) is 14.3. The molecule has 0 atom stereocenters.